The molecular weight excluding hydrogens is 276 g/mol. The first-order valence-corrected chi connectivity index (χ1v) is 6.22. The average Bonchev–Trinajstić information content (AvgIpc) is 3.01. The Hall–Kier alpha value is -0.480. The molecule has 0 bridgehead atoms. The summed E-state index contributed by atoms with van der Waals surface area (Å²) in [5.41, 5.74) is 5.57. The lowest BCUT2D eigenvalue weighted by Gasteiger charge is -2.24. The van der Waals surface area contributed by atoms with Crippen molar-refractivity contribution in [1.82, 2.24) is 0 Å². The summed E-state index contributed by atoms with van der Waals surface area (Å²) in [6.07, 6.45) is 3.36. The van der Waals surface area contributed by atoms with E-state index < -0.39 is 17.0 Å². The quantitative estimate of drug-likeness (QED) is 0.888. The molecule has 0 heterocycles. The van der Waals surface area contributed by atoms with Crippen molar-refractivity contribution in [3.63, 3.8) is 0 Å². The molecule has 0 spiro atoms. The third kappa shape index (κ3) is 1.29. The van der Waals surface area contributed by atoms with E-state index in [-0.39, 0.29) is 11.1 Å². The van der Waals surface area contributed by atoms with Crippen molar-refractivity contribution in [1.29, 1.82) is 0 Å². The van der Waals surface area contributed by atoms with Crippen LogP contribution in [0.25, 0.3) is 0 Å². The van der Waals surface area contributed by atoms with Crippen LogP contribution in [0.5, 0.6) is 0 Å². The lowest BCUT2D eigenvalue weighted by atomic mass is 9.85. The Morgan fingerprint density at radius 2 is 1.56 bits per heavy atom. The molecule has 0 atom stereocenters. The van der Waals surface area contributed by atoms with Gasteiger partial charge in [-0.1, -0.05) is 15.9 Å². The highest BCUT2D eigenvalue weighted by Crippen LogP contribution is 2.64. The normalized spacial score (nSPS) is 24.2. The molecule has 86 valence electrons. The van der Waals surface area contributed by atoms with Gasteiger partial charge in [0.25, 0.3) is 0 Å². The van der Waals surface area contributed by atoms with Crippen LogP contribution in [0.4, 0.5) is 8.78 Å². The van der Waals surface area contributed by atoms with Crippen molar-refractivity contribution in [2.75, 3.05) is 0 Å². The molecular formula is C12H12BrF2N. The summed E-state index contributed by atoms with van der Waals surface area (Å²) in [5, 5.41) is 0. The van der Waals surface area contributed by atoms with Crippen molar-refractivity contribution in [2.24, 2.45) is 5.73 Å². The van der Waals surface area contributed by atoms with Gasteiger partial charge in [-0.15, -0.1) is 0 Å². The molecule has 1 nitrogen and oxygen atoms in total. The second kappa shape index (κ2) is 3.05. The van der Waals surface area contributed by atoms with E-state index in [1.807, 2.05) is 0 Å². The van der Waals surface area contributed by atoms with Crippen molar-refractivity contribution in [3.05, 3.63) is 33.8 Å². The molecule has 2 saturated carbocycles. The van der Waals surface area contributed by atoms with Gasteiger partial charge >= 0.3 is 0 Å². The smallest absolute Gasteiger partial charge is 0.131 e. The molecule has 4 heteroatoms. The van der Waals surface area contributed by atoms with E-state index in [1.165, 1.54) is 12.1 Å². The van der Waals surface area contributed by atoms with Gasteiger partial charge in [0.05, 0.1) is 0 Å². The first-order chi connectivity index (χ1) is 7.48. The highest BCUT2D eigenvalue weighted by molar-refractivity contribution is 9.10. The molecule has 0 amide bonds. The summed E-state index contributed by atoms with van der Waals surface area (Å²) >= 11 is 3.09. The monoisotopic (exact) mass is 287 g/mol. The van der Waals surface area contributed by atoms with Crippen molar-refractivity contribution in [3.8, 4) is 0 Å². The predicted molar refractivity (Wildman–Crippen MR) is 61.1 cm³/mol. The number of benzene rings is 1. The number of hydrogen-bond donors (Lipinski definition) is 1. The third-order valence-corrected chi connectivity index (χ3v) is 4.44. The molecule has 0 aliphatic heterocycles. The van der Waals surface area contributed by atoms with Crippen LogP contribution in [0.3, 0.4) is 0 Å². The molecule has 1 aromatic rings. The summed E-state index contributed by atoms with van der Waals surface area (Å²) in [6, 6.07) is 2.65. The lowest BCUT2D eigenvalue weighted by Crippen LogP contribution is -2.38. The molecule has 0 saturated heterocycles. The van der Waals surface area contributed by atoms with E-state index in [2.05, 4.69) is 15.9 Å². The van der Waals surface area contributed by atoms with Crippen LogP contribution >= 0.6 is 15.9 Å². The minimum Gasteiger partial charge on any atom is -0.324 e. The number of rotatable bonds is 2. The topological polar surface area (TPSA) is 26.0 Å². The van der Waals surface area contributed by atoms with E-state index in [9.17, 15) is 8.78 Å². The second-order valence-electron chi connectivity index (χ2n) is 4.98. The van der Waals surface area contributed by atoms with Crippen molar-refractivity contribution >= 4 is 15.9 Å². The van der Waals surface area contributed by atoms with E-state index >= 15 is 0 Å². The molecule has 0 aromatic heterocycles. The standard InChI is InChI=1S/C12H12BrF2N/c13-7-5-8(14)10(9(15)6-7)11(1-2-11)12(16)3-4-12/h5-6H,1-4,16H2. The van der Waals surface area contributed by atoms with Gasteiger partial charge in [0.1, 0.15) is 11.6 Å². The summed E-state index contributed by atoms with van der Waals surface area (Å²) in [4.78, 5) is 0. The van der Waals surface area contributed by atoms with E-state index in [4.69, 9.17) is 5.73 Å². The van der Waals surface area contributed by atoms with Crippen LogP contribution < -0.4 is 5.73 Å². The minimum absolute atomic E-state index is 0.204. The molecule has 2 aliphatic rings. The van der Waals surface area contributed by atoms with E-state index in [0.29, 0.717) is 4.47 Å². The van der Waals surface area contributed by atoms with Gasteiger partial charge in [0, 0.05) is 21.0 Å². The van der Waals surface area contributed by atoms with E-state index in [0.717, 1.165) is 25.7 Å². The number of nitrogens with two attached hydrogens (primary N) is 1. The van der Waals surface area contributed by atoms with Crippen molar-refractivity contribution < 1.29 is 8.78 Å². The van der Waals surface area contributed by atoms with Gasteiger partial charge < -0.3 is 5.73 Å². The predicted octanol–water partition coefficient (Wildman–Crippen LogP) is 3.25. The Morgan fingerprint density at radius 3 is 1.94 bits per heavy atom. The first kappa shape index (κ1) is 10.7. The first-order valence-electron chi connectivity index (χ1n) is 5.42. The Morgan fingerprint density at radius 1 is 1.06 bits per heavy atom. The molecule has 2 N–H and O–H groups in total. The Balaban J connectivity index is 2.14. The van der Waals surface area contributed by atoms with Crippen molar-refractivity contribution in [2.45, 2.75) is 36.6 Å². The van der Waals surface area contributed by atoms with Crippen LogP contribution in [-0.4, -0.2) is 5.54 Å². The van der Waals surface area contributed by atoms with Crippen LogP contribution in [0.1, 0.15) is 31.2 Å². The zero-order valence-corrected chi connectivity index (χ0v) is 10.3. The van der Waals surface area contributed by atoms with Gasteiger partial charge in [-0.3, -0.25) is 0 Å². The van der Waals surface area contributed by atoms with Crippen LogP contribution in [-0.2, 0) is 5.41 Å². The SMILES string of the molecule is NC1(C2(c3c(F)cc(Br)cc3F)CC2)CC1. The van der Waals surface area contributed by atoms with Gasteiger partial charge in [-0.25, -0.2) is 8.78 Å². The van der Waals surface area contributed by atoms with Gasteiger partial charge in [-0.2, -0.15) is 0 Å². The van der Waals surface area contributed by atoms with Gasteiger partial charge in [0.15, 0.2) is 0 Å². The summed E-state index contributed by atoms with van der Waals surface area (Å²) in [7, 11) is 0. The van der Waals surface area contributed by atoms with Crippen LogP contribution in [0.2, 0.25) is 0 Å². The maximum absolute atomic E-state index is 13.9. The molecule has 1 aromatic carbocycles. The maximum Gasteiger partial charge on any atom is 0.131 e. The second-order valence-corrected chi connectivity index (χ2v) is 5.90. The summed E-state index contributed by atoms with van der Waals surface area (Å²) in [5.74, 6) is -0.942. The van der Waals surface area contributed by atoms with Gasteiger partial charge in [0.2, 0.25) is 0 Å². The average molecular weight is 288 g/mol. The Bertz CT molecular complexity index is 441. The number of hydrogen-bond acceptors (Lipinski definition) is 1. The zero-order valence-electron chi connectivity index (χ0n) is 8.69. The summed E-state index contributed by atoms with van der Waals surface area (Å²) < 4.78 is 28.2. The van der Waals surface area contributed by atoms with Crippen LogP contribution in [0.15, 0.2) is 16.6 Å². The molecule has 16 heavy (non-hydrogen) atoms. The molecule has 3 rings (SSSR count). The maximum atomic E-state index is 13.9. The van der Waals surface area contributed by atoms with E-state index in [1.54, 1.807) is 0 Å². The molecule has 2 aliphatic carbocycles. The molecule has 0 radical (unpaired) electrons. The zero-order chi connectivity index (χ0) is 11.6. The lowest BCUT2D eigenvalue weighted by molar-refractivity contribution is 0.443. The third-order valence-electron chi connectivity index (χ3n) is 3.98. The van der Waals surface area contributed by atoms with Gasteiger partial charge in [-0.05, 0) is 37.8 Å². The largest absolute Gasteiger partial charge is 0.324 e. The molecule has 2 fully saturated rings. The highest BCUT2D eigenvalue weighted by atomic mass is 79.9. The molecule has 0 unspecified atom stereocenters. The number of halogens is 3. The fourth-order valence-corrected chi connectivity index (χ4v) is 3.14. The summed E-state index contributed by atoms with van der Waals surface area (Å²) in [6.45, 7) is 0. The van der Waals surface area contributed by atoms with Crippen LogP contribution in [0, 0.1) is 11.6 Å². The Labute approximate surface area is 101 Å². The highest BCUT2D eigenvalue weighted by Gasteiger charge is 2.65. The fraction of sp³-hybridized carbons (Fsp3) is 0.500. The Kier molecular flexibility index (Phi) is 2.03. The fourth-order valence-electron chi connectivity index (χ4n) is 2.73. The minimum atomic E-state index is -0.471.